The van der Waals surface area contributed by atoms with E-state index in [1.54, 1.807) is 0 Å². The molecule has 3 aliphatic rings. The second-order valence-electron chi connectivity index (χ2n) is 29.0. The fourth-order valence-corrected chi connectivity index (χ4v) is 17.2. The van der Waals surface area contributed by atoms with Crippen LogP contribution in [0.15, 0.2) is 297 Å². The lowest BCUT2D eigenvalue weighted by molar-refractivity contribution is 0.660. The summed E-state index contributed by atoms with van der Waals surface area (Å²) in [4.78, 5) is 31.1. The fourth-order valence-electron chi connectivity index (χ4n) is 17.2. The molecule has 18 aromatic rings. The minimum Gasteiger partial charge on any atom is -0.309 e. The molecule has 484 valence electrons. The van der Waals surface area contributed by atoms with Crippen molar-refractivity contribution in [1.82, 2.24) is 43.6 Å². The molecule has 5 heterocycles. The maximum Gasteiger partial charge on any atom is 0.240 e. The SMILES string of the molecule is CC1(C)c2ccccc2-c2cc3c4cc(-c5nc(-c6ccccc6)nc(-c6ccccc6)n5)ccc4n(-c4ccccc4)c3cc21.CC1(C)c2ccccc2-c2cc3c4ccccc4n(-c4nc(-c5ccccc5)nc(-n5c6ccccc6c6cc7c(cc65)C(C)(C)c5ccccc5-7)n4)c3cc21. The molecule has 0 saturated heterocycles. The summed E-state index contributed by atoms with van der Waals surface area (Å²) in [5.41, 5.74) is 27.1. The summed E-state index contributed by atoms with van der Waals surface area (Å²) in [5, 5.41) is 7.10. The number of rotatable bonds is 7. The van der Waals surface area contributed by atoms with Crippen molar-refractivity contribution >= 4 is 65.4 Å². The van der Waals surface area contributed by atoms with Crippen LogP contribution in [0.1, 0.15) is 74.9 Å². The van der Waals surface area contributed by atoms with Crippen LogP contribution < -0.4 is 0 Å². The first-order valence-corrected chi connectivity index (χ1v) is 35.2. The van der Waals surface area contributed by atoms with E-state index in [-0.39, 0.29) is 16.2 Å². The highest BCUT2D eigenvalue weighted by atomic mass is 15.3. The molecule has 21 rings (SSSR count). The van der Waals surface area contributed by atoms with Crippen LogP contribution in [0, 0.1) is 0 Å². The third-order valence-electron chi connectivity index (χ3n) is 22.2. The number of hydrogen-bond acceptors (Lipinski definition) is 6. The van der Waals surface area contributed by atoms with Gasteiger partial charge >= 0.3 is 0 Å². The first kappa shape index (κ1) is 59.3. The number of nitrogens with zero attached hydrogens (tertiary/aromatic N) is 9. The van der Waals surface area contributed by atoms with Crippen molar-refractivity contribution < 1.29 is 0 Å². The van der Waals surface area contributed by atoms with Gasteiger partial charge < -0.3 is 4.57 Å². The highest BCUT2D eigenvalue weighted by Crippen LogP contribution is 2.55. The molecule has 0 spiro atoms. The van der Waals surface area contributed by atoms with Gasteiger partial charge in [-0.1, -0.05) is 260 Å². The summed E-state index contributed by atoms with van der Waals surface area (Å²) in [6, 6.07) is 106. The summed E-state index contributed by atoms with van der Waals surface area (Å²) in [7, 11) is 0. The Balaban J connectivity index is 0.000000139. The van der Waals surface area contributed by atoms with Crippen molar-refractivity contribution in [3.8, 4) is 96.5 Å². The van der Waals surface area contributed by atoms with Crippen LogP contribution in [0.25, 0.3) is 162 Å². The van der Waals surface area contributed by atoms with E-state index in [2.05, 4.69) is 274 Å². The zero-order chi connectivity index (χ0) is 68.3. The topological polar surface area (TPSA) is 92.1 Å². The molecule has 0 saturated carbocycles. The van der Waals surface area contributed by atoms with E-state index in [4.69, 9.17) is 29.9 Å². The normalized spacial score (nSPS) is 14.0. The Morgan fingerprint density at radius 2 is 0.520 bits per heavy atom. The predicted molar refractivity (Wildman–Crippen MR) is 417 cm³/mol. The molecule has 0 fully saturated rings. The Labute approximate surface area is 590 Å². The predicted octanol–water partition coefficient (Wildman–Crippen LogP) is 22.6. The molecule has 0 bridgehead atoms. The second kappa shape index (κ2) is 22.1. The molecule has 102 heavy (non-hydrogen) atoms. The quantitative estimate of drug-likeness (QED) is 0.158. The molecule has 0 aliphatic heterocycles. The van der Waals surface area contributed by atoms with Gasteiger partial charge in [0.1, 0.15) is 0 Å². The fraction of sp³-hybridized carbons (Fsp3) is 0.0968. The average molecular weight is 1310 g/mol. The van der Waals surface area contributed by atoms with E-state index in [1.165, 1.54) is 105 Å². The summed E-state index contributed by atoms with van der Waals surface area (Å²) < 4.78 is 6.91. The van der Waals surface area contributed by atoms with Gasteiger partial charge in [0.05, 0.1) is 33.1 Å². The van der Waals surface area contributed by atoms with Crippen molar-refractivity contribution in [2.45, 2.75) is 57.8 Å². The summed E-state index contributed by atoms with van der Waals surface area (Å²) in [6.45, 7) is 14.0. The highest BCUT2D eigenvalue weighted by Gasteiger charge is 2.40. The molecule has 9 nitrogen and oxygen atoms in total. The third-order valence-corrected chi connectivity index (χ3v) is 22.2. The maximum absolute atomic E-state index is 5.49. The van der Waals surface area contributed by atoms with Gasteiger partial charge in [0.15, 0.2) is 23.3 Å². The smallest absolute Gasteiger partial charge is 0.240 e. The molecule has 5 aromatic heterocycles. The van der Waals surface area contributed by atoms with Crippen molar-refractivity contribution in [1.29, 1.82) is 0 Å². The highest BCUT2D eigenvalue weighted by molar-refractivity contribution is 6.15. The molecule has 3 aliphatic carbocycles. The van der Waals surface area contributed by atoms with Crippen LogP contribution in [0.3, 0.4) is 0 Å². The Bertz CT molecular complexity index is 6260. The number of aromatic nitrogens is 9. The molecular formula is C93H67N9. The second-order valence-corrected chi connectivity index (χ2v) is 29.0. The number of fused-ring (bicyclic) bond motifs is 18. The van der Waals surface area contributed by atoms with Gasteiger partial charge in [-0.15, -0.1) is 0 Å². The van der Waals surface area contributed by atoms with E-state index in [9.17, 15) is 0 Å². The maximum atomic E-state index is 5.49. The molecule has 0 atom stereocenters. The van der Waals surface area contributed by atoms with Gasteiger partial charge in [0, 0.05) is 76.5 Å². The van der Waals surface area contributed by atoms with Crippen molar-refractivity contribution in [2.24, 2.45) is 0 Å². The summed E-state index contributed by atoms with van der Waals surface area (Å²) in [6.07, 6.45) is 0. The van der Waals surface area contributed by atoms with Crippen molar-refractivity contribution in [3.63, 3.8) is 0 Å². The monoisotopic (exact) mass is 1310 g/mol. The van der Waals surface area contributed by atoms with E-state index < -0.39 is 0 Å². The van der Waals surface area contributed by atoms with Gasteiger partial charge in [-0.25, -0.2) is 15.0 Å². The molecule has 0 amide bonds. The lowest BCUT2D eigenvalue weighted by Gasteiger charge is -2.22. The van der Waals surface area contributed by atoms with Crippen LogP contribution in [0.5, 0.6) is 0 Å². The Morgan fingerprint density at radius 1 is 0.206 bits per heavy atom. The van der Waals surface area contributed by atoms with E-state index in [1.807, 2.05) is 78.9 Å². The lowest BCUT2D eigenvalue weighted by Crippen LogP contribution is -2.15. The van der Waals surface area contributed by atoms with Gasteiger partial charge in [0.2, 0.25) is 11.9 Å². The number of hydrogen-bond donors (Lipinski definition) is 0. The Kier molecular flexibility index (Phi) is 12.9. The van der Waals surface area contributed by atoms with Gasteiger partial charge in [-0.3, -0.25) is 9.13 Å². The van der Waals surface area contributed by atoms with Crippen molar-refractivity contribution in [3.05, 3.63) is 331 Å². The standard InChI is InChI=1S/C51H37N5.C42H30N4/c1-50(2)39-22-12-8-18-31(39)35-26-37-33-20-10-14-24-43(33)55(45(37)28-41(35)50)48-52-47(30-16-6-5-7-17-30)53-49(54-48)56-44-25-15-11-21-34(44)38-27-36-32-19-9-13-23-40(32)51(3,4)42(36)29-46(38)56;1-42(2)35-21-13-12-20-31(35)32-25-34-33-24-29(22-23-37(33)46(38(34)26-36(32)42)30-18-10-5-11-19-30)41-44-39(27-14-6-3-7-15-27)43-40(45-41)28-16-8-4-9-17-28/h5-29H,1-4H3;3-26H,1-2H3. The molecule has 0 N–H and O–H groups in total. The van der Waals surface area contributed by atoms with E-state index in [0.717, 1.165) is 55.5 Å². The van der Waals surface area contributed by atoms with Crippen LogP contribution >= 0.6 is 0 Å². The Hall–Kier alpha value is -12.7. The number of benzene rings is 13. The zero-order valence-corrected chi connectivity index (χ0v) is 57.3. The average Bonchev–Trinajstić information content (AvgIpc) is 1.56. The minimum atomic E-state index is -0.155. The summed E-state index contributed by atoms with van der Waals surface area (Å²) in [5.74, 6) is 3.79. The minimum absolute atomic E-state index is 0.0875. The molecule has 0 unspecified atom stereocenters. The zero-order valence-electron chi connectivity index (χ0n) is 57.3. The lowest BCUT2D eigenvalue weighted by atomic mass is 9.82. The Morgan fingerprint density at radius 3 is 0.941 bits per heavy atom. The van der Waals surface area contributed by atoms with Crippen LogP contribution in [0.2, 0.25) is 0 Å². The summed E-state index contributed by atoms with van der Waals surface area (Å²) >= 11 is 0. The first-order chi connectivity index (χ1) is 49.8. The largest absolute Gasteiger partial charge is 0.309 e. The van der Waals surface area contributed by atoms with Crippen molar-refractivity contribution in [2.75, 3.05) is 0 Å². The van der Waals surface area contributed by atoms with Gasteiger partial charge in [0.25, 0.3) is 0 Å². The van der Waals surface area contributed by atoms with Crippen LogP contribution in [-0.4, -0.2) is 43.6 Å². The van der Waals surface area contributed by atoms with E-state index >= 15 is 0 Å². The van der Waals surface area contributed by atoms with Gasteiger partial charge in [-0.2, -0.15) is 15.0 Å². The van der Waals surface area contributed by atoms with Crippen LogP contribution in [-0.2, 0) is 16.2 Å². The van der Waals surface area contributed by atoms with Crippen LogP contribution in [0.4, 0.5) is 0 Å². The molecule has 13 aromatic carbocycles. The molecule has 0 radical (unpaired) electrons. The third kappa shape index (κ3) is 8.83. The van der Waals surface area contributed by atoms with Gasteiger partial charge in [-0.05, 0) is 146 Å². The number of para-hydroxylation sites is 3. The molecule has 9 heteroatoms. The van der Waals surface area contributed by atoms with E-state index in [0.29, 0.717) is 35.2 Å². The molecular weight excluding hydrogens is 1240 g/mol. The first-order valence-electron chi connectivity index (χ1n) is 35.2.